The lowest BCUT2D eigenvalue weighted by Gasteiger charge is -2.18. The van der Waals surface area contributed by atoms with Crippen LogP contribution in [0.4, 0.5) is 5.69 Å². The molecule has 0 fully saturated rings. The van der Waals surface area contributed by atoms with E-state index in [1.54, 1.807) is 26.4 Å². The Bertz CT molecular complexity index is 1010. The molecule has 0 heterocycles. The molecule has 0 saturated carbocycles. The van der Waals surface area contributed by atoms with Crippen LogP contribution in [0.3, 0.4) is 0 Å². The second kappa shape index (κ2) is 11.0. The number of anilines is 1. The number of nitrogens with one attached hydrogen (secondary N) is 1. The number of nitrogens with zero attached hydrogens (tertiary/aromatic N) is 1. The van der Waals surface area contributed by atoms with Crippen molar-refractivity contribution < 1.29 is 27.4 Å². The summed E-state index contributed by atoms with van der Waals surface area (Å²) < 4.78 is 41.6. The zero-order valence-corrected chi connectivity index (χ0v) is 19.4. The molecule has 0 amide bonds. The zero-order valence-electron chi connectivity index (χ0n) is 18.6. The molecule has 0 atom stereocenters. The summed E-state index contributed by atoms with van der Waals surface area (Å²) in [5.74, 6) is 1.64. The maximum Gasteiger partial charge on any atom is 0.229 e. The lowest BCUT2D eigenvalue weighted by molar-refractivity contribution is 0.101. The van der Waals surface area contributed by atoms with E-state index in [-0.39, 0.29) is 5.78 Å². The van der Waals surface area contributed by atoms with Crippen molar-refractivity contribution in [2.75, 3.05) is 51.9 Å². The highest BCUT2D eigenvalue weighted by Gasteiger charge is 2.12. The monoisotopic (exact) mass is 450 g/mol. The summed E-state index contributed by atoms with van der Waals surface area (Å²) in [5, 5.41) is 0. The summed E-state index contributed by atoms with van der Waals surface area (Å²) in [6.45, 7) is 3.28. The second-order valence-corrected chi connectivity index (χ2v) is 8.98. The van der Waals surface area contributed by atoms with Crippen molar-refractivity contribution in [1.82, 2.24) is 4.90 Å². The molecule has 0 saturated heterocycles. The molecule has 2 rings (SSSR count). The van der Waals surface area contributed by atoms with Gasteiger partial charge in [0.25, 0.3) is 0 Å². The van der Waals surface area contributed by atoms with Crippen molar-refractivity contribution in [3.63, 3.8) is 0 Å². The largest absolute Gasteiger partial charge is 0.493 e. The number of Topliss-reactive ketones (excluding diaryl/α,β-unsaturated/α-hetero) is 1. The number of sulfonamides is 1. The molecule has 31 heavy (non-hydrogen) atoms. The summed E-state index contributed by atoms with van der Waals surface area (Å²) in [6, 6.07) is 10.5. The van der Waals surface area contributed by atoms with Gasteiger partial charge in [-0.2, -0.15) is 0 Å². The highest BCUT2D eigenvalue weighted by molar-refractivity contribution is 7.92. The van der Waals surface area contributed by atoms with Crippen LogP contribution in [0.5, 0.6) is 17.2 Å². The Morgan fingerprint density at radius 2 is 1.68 bits per heavy atom. The summed E-state index contributed by atoms with van der Waals surface area (Å²) >= 11 is 0. The number of hydrogen-bond donors (Lipinski definition) is 1. The number of carbonyl (C=O) groups excluding carboxylic acids is 1. The van der Waals surface area contributed by atoms with Crippen LogP contribution in [-0.4, -0.2) is 66.3 Å². The maximum atomic E-state index is 12.0. The van der Waals surface area contributed by atoms with Gasteiger partial charge in [-0.1, -0.05) is 6.07 Å². The first-order valence-electron chi connectivity index (χ1n) is 9.78. The first-order chi connectivity index (χ1) is 14.6. The van der Waals surface area contributed by atoms with Gasteiger partial charge in [0, 0.05) is 18.8 Å². The summed E-state index contributed by atoms with van der Waals surface area (Å²) in [6.07, 6.45) is 1.89. The molecule has 0 unspecified atom stereocenters. The lowest BCUT2D eigenvalue weighted by Crippen LogP contribution is -2.26. The number of rotatable bonds is 12. The van der Waals surface area contributed by atoms with E-state index in [1.807, 2.05) is 25.2 Å². The number of ether oxygens (including phenoxy) is 3. The molecular weight excluding hydrogens is 420 g/mol. The van der Waals surface area contributed by atoms with Crippen LogP contribution < -0.4 is 18.9 Å². The molecule has 1 N–H and O–H groups in total. The van der Waals surface area contributed by atoms with Crippen molar-refractivity contribution >= 4 is 21.5 Å². The van der Waals surface area contributed by atoms with Crippen molar-refractivity contribution in [2.45, 2.75) is 13.3 Å². The third-order valence-electron chi connectivity index (χ3n) is 4.62. The van der Waals surface area contributed by atoms with E-state index < -0.39 is 10.0 Å². The molecule has 0 aliphatic heterocycles. The Balaban J connectivity index is 1.90. The number of benzene rings is 2. The maximum absolute atomic E-state index is 12.0. The number of ketones is 1. The zero-order chi connectivity index (χ0) is 23.0. The van der Waals surface area contributed by atoms with Crippen LogP contribution >= 0.6 is 0 Å². The smallest absolute Gasteiger partial charge is 0.229 e. The normalized spacial score (nSPS) is 11.3. The summed E-state index contributed by atoms with van der Waals surface area (Å²) in [4.78, 5) is 14.1. The van der Waals surface area contributed by atoms with Gasteiger partial charge >= 0.3 is 0 Å². The van der Waals surface area contributed by atoms with Crippen LogP contribution in [0.15, 0.2) is 36.4 Å². The van der Waals surface area contributed by atoms with E-state index in [0.29, 0.717) is 41.7 Å². The minimum Gasteiger partial charge on any atom is -0.493 e. The van der Waals surface area contributed by atoms with Crippen molar-refractivity contribution in [3.8, 4) is 17.2 Å². The van der Waals surface area contributed by atoms with Gasteiger partial charge in [-0.3, -0.25) is 9.52 Å². The fourth-order valence-corrected chi connectivity index (χ4v) is 3.54. The summed E-state index contributed by atoms with van der Waals surface area (Å²) in [5.41, 5.74) is 1.80. The molecule has 2 aromatic carbocycles. The fourth-order valence-electron chi connectivity index (χ4n) is 2.99. The van der Waals surface area contributed by atoms with Crippen molar-refractivity contribution in [3.05, 3.63) is 47.5 Å². The number of carbonyl (C=O) groups is 1. The van der Waals surface area contributed by atoms with Gasteiger partial charge in [0.1, 0.15) is 12.4 Å². The molecule has 0 aromatic heterocycles. The predicted octanol–water partition coefficient (Wildman–Crippen LogP) is 2.83. The average Bonchev–Trinajstić information content (AvgIpc) is 2.71. The second-order valence-electron chi connectivity index (χ2n) is 7.23. The first kappa shape index (κ1) is 24.5. The van der Waals surface area contributed by atoms with Gasteiger partial charge in [0.05, 0.1) is 26.0 Å². The van der Waals surface area contributed by atoms with Gasteiger partial charge in [0.15, 0.2) is 17.3 Å². The Morgan fingerprint density at radius 1 is 1.00 bits per heavy atom. The third kappa shape index (κ3) is 7.76. The average molecular weight is 451 g/mol. The molecule has 0 spiro atoms. The van der Waals surface area contributed by atoms with E-state index in [1.165, 1.54) is 13.0 Å². The Hall–Kier alpha value is -2.78. The van der Waals surface area contributed by atoms with Crippen molar-refractivity contribution in [2.24, 2.45) is 0 Å². The summed E-state index contributed by atoms with van der Waals surface area (Å²) in [7, 11) is 1.80. The minimum atomic E-state index is -3.42. The van der Waals surface area contributed by atoms with E-state index >= 15 is 0 Å². The molecule has 0 aliphatic rings. The van der Waals surface area contributed by atoms with Crippen LogP contribution in [0.2, 0.25) is 0 Å². The molecule has 2 aromatic rings. The van der Waals surface area contributed by atoms with E-state index in [2.05, 4.69) is 9.62 Å². The van der Waals surface area contributed by atoms with E-state index in [0.717, 1.165) is 24.8 Å². The van der Waals surface area contributed by atoms with Gasteiger partial charge < -0.3 is 19.1 Å². The van der Waals surface area contributed by atoms with Gasteiger partial charge in [-0.15, -0.1) is 0 Å². The molecule has 0 aliphatic carbocycles. The van der Waals surface area contributed by atoms with E-state index in [4.69, 9.17) is 14.2 Å². The Morgan fingerprint density at radius 3 is 2.29 bits per heavy atom. The number of likely N-dealkylation sites (N-methyl/N-ethyl adjacent to an activating group) is 1. The van der Waals surface area contributed by atoms with Crippen LogP contribution in [0.1, 0.15) is 22.8 Å². The van der Waals surface area contributed by atoms with Gasteiger partial charge in [-0.25, -0.2) is 8.42 Å². The molecule has 0 radical (unpaired) electrons. The van der Waals surface area contributed by atoms with Crippen LogP contribution in [0, 0.1) is 0 Å². The minimum absolute atomic E-state index is 0.200. The first-order valence-corrected chi connectivity index (χ1v) is 11.7. The molecular formula is C22H30N2O6S. The molecule has 8 nitrogen and oxygen atoms in total. The molecule has 0 bridgehead atoms. The lowest BCUT2D eigenvalue weighted by atomic mass is 10.1. The predicted molar refractivity (Wildman–Crippen MR) is 121 cm³/mol. The third-order valence-corrected chi connectivity index (χ3v) is 5.23. The van der Waals surface area contributed by atoms with Crippen LogP contribution in [-0.2, 0) is 16.4 Å². The Kier molecular flexibility index (Phi) is 8.70. The number of methoxy groups -OCH3 is 2. The highest BCUT2D eigenvalue weighted by atomic mass is 32.2. The van der Waals surface area contributed by atoms with Gasteiger partial charge in [0.2, 0.25) is 10.0 Å². The number of hydrogen-bond acceptors (Lipinski definition) is 7. The SMILES string of the molecule is COc1ccc(CCN(C)CCOc2ccc(NS(C)(=O)=O)cc2C(C)=O)cc1OC. The fraction of sp³-hybridized carbons (Fsp3) is 0.409. The standard InChI is InChI=1S/C22H30N2O6S/c1-16(25)19-15-18(23-31(5,26)27)7-9-20(19)30-13-12-24(2)11-10-17-6-8-21(28-3)22(14-17)29-4/h6-9,14-15,23H,10-13H2,1-5H3. The highest BCUT2D eigenvalue weighted by Crippen LogP contribution is 2.28. The van der Waals surface area contributed by atoms with E-state index in [9.17, 15) is 13.2 Å². The Labute approximate surface area is 184 Å². The van der Waals surface area contributed by atoms with Gasteiger partial charge in [-0.05, 0) is 56.3 Å². The molecule has 170 valence electrons. The van der Waals surface area contributed by atoms with Crippen LogP contribution in [0.25, 0.3) is 0 Å². The quantitative estimate of drug-likeness (QED) is 0.497. The van der Waals surface area contributed by atoms with Crippen molar-refractivity contribution in [1.29, 1.82) is 0 Å². The molecule has 9 heteroatoms. The topological polar surface area (TPSA) is 94.2 Å².